The van der Waals surface area contributed by atoms with Crippen molar-refractivity contribution in [2.24, 2.45) is 0 Å². The van der Waals surface area contributed by atoms with Gasteiger partial charge in [-0.05, 0) is 35.0 Å². The molecule has 0 bridgehead atoms. The quantitative estimate of drug-likeness (QED) is 0.892. The first-order valence-corrected chi connectivity index (χ1v) is 7.87. The minimum absolute atomic E-state index is 0.384. The van der Waals surface area contributed by atoms with Crippen molar-refractivity contribution in [1.82, 2.24) is 4.98 Å². The highest BCUT2D eigenvalue weighted by Crippen LogP contribution is 2.41. The van der Waals surface area contributed by atoms with Crippen molar-refractivity contribution < 1.29 is 0 Å². The van der Waals surface area contributed by atoms with Gasteiger partial charge < -0.3 is 11.1 Å². The van der Waals surface area contributed by atoms with Crippen molar-refractivity contribution in [3.8, 4) is 0 Å². The summed E-state index contributed by atoms with van der Waals surface area (Å²) in [4.78, 5) is 4.04. The summed E-state index contributed by atoms with van der Waals surface area (Å²) in [6.07, 6.45) is 10.9. The van der Waals surface area contributed by atoms with Crippen LogP contribution in [0.4, 0.5) is 11.4 Å². The van der Waals surface area contributed by atoms with Gasteiger partial charge in [-0.15, -0.1) is 0 Å². The van der Waals surface area contributed by atoms with Crippen molar-refractivity contribution in [3.63, 3.8) is 0 Å². The average molecular weight is 316 g/mol. The maximum absolute atomic E-state index is 5.93. The van der Waals surface area contributed by atoms with E-state index in [-0.39, 0.29) is 0 Å². The molecule has 0 atom stereocenters. The molecule has 0 amide bonds. The summed E-state index contributed by atoms with van der Waals surface area (Å²) < 4.78 is 1.32. The molecule has 5 heteroatoms. The summed E-state index contributed by atoms with van der Waals surface area (Å²) in [5, 5.41) is 3.48. The first-order valence-electron chi connectivity index (χ1n) is 5.85. The molecule has 1 aromatic heterocycles. The largest absolute Gasteiger partial charge is 0.396 e. The predicted octanol–water partition coefficient (Wildman–Crippen LogP) is 3.51. The smallest absolute Gasteiger partial charge is 0.0750 e. The number of hydrogen-bond acceptors (Lipinski definition) is 4. The molecule has 0 spiro atoms. The van der Waals surface area contributed by atoms with Crippen molar-refractivity contribution in [1.29, 1.82) is 0 Å². The number of nitrogen functional groups attached to an aromatic ring is 1. The van der Waals surface area contributed by atoms with E-state index in [2.05, 4.69) is 32.5 Å². The van der Waals surface area contributed by atoms with E-state index in [4.69, 9.17) is 5.73 Å². The zero-order chi connectivity index (χ0) is 12.3. The fraction of sp³-hybridized carbons (Fsp3) is 0.583. The van der Waals surface area contributed by atoms with Gasteiger partial charge in [0.15, 0.2) is 0 Å². The van der Waals surface area contributed by atoms with Crippen LogP contribution in [0.15, 0.2) is 16.9 Å². The van der Waals surface area contributed by atoms with E-state index >= 15 is 0 Å². The van der Waals surface area contributed by atoms with Crippen LogP contribution in [0.3, 0.4) is 0 Å². The Balaban J connectivity index is 2.06. The van der Waals surface area contributed by atoms with E-state index in [1.165, 1.54) is 25.7 Å². The van der Waals surface area contributed by atoms with Gasteiger partial charge in [0.05, 0.1) is 22.0 Å². The highest BCUT2D eigenvalue weighted by molar-refractivity contribution is 9.10. The number of nitrogens with zero attached hydrogens (tertiary/aromatic N) is 1. The Morgan fingerprint density at radius 2 is 2.18 bits per heavy atom. The van der Waals surface area contributed by atoms with Crippen LogP contribution in [0.2, 0.25) is 0 Å². The van der Waals surface area contributed by atoms with E-state index in [0.29, 0.717) is 10.4 Å². The molecular formula is C12H18BrN3S. The van der Waals surface area contributed by atoms with Crippen molar-refractivity contribution in [2.45, 2.75) is 30.4 Å². The summed E-state index contributed by atoms with van der Waals surface area (Å²) in [6, 6.07) is 0. The van der Waals surface area contributed by atoms with E-state index in [1.54, 1.807) is 12.4 Å². The zero-order valence-electron chi connectivity index (χ0n) is 10.0. The molecule has 1 aliphatic rings. The van der Waals surface area contributed by atoms with Gasteiger partial charge in [0.25, 0.3) is 0 Å². The van der Waals surface area contributed by atoms with Gasteiger partial charge in [0, 0.05) is 17.5 Å². The minimum atomic E-state index is 0.384. The molecule has 1 saturated carbocycles. The highest BCUT2D eigenvalue weighted by atomic mass is 79.9. The second-order valence-electron chi connectivity index (χ2n) is 4.53. The number of aromatic nitrogens is 1. The molecule has 1 fully saturated rings. The van der Waals surface area contributed by atoms with Gasteiger partial charge in [-0.1, -0.05) is 12.8 Å². The first-order chi connectivity index (χ1) is 8.17. The van der Waals surface area contributed by atoms with Crippen LogP contribution in [-0.4, -0.2) is 22.5 Å². The Morgan fingerprint density at radius 3 is 2.76 bits per heavy atom. The van der Waals surface area contributed by atoms with Crippen LogP contribution in [-0.2, 0) is 0 Å². The lowest BCUT2D eigenvalue weighted by molar-refractivity contribution is 0.640. The Morgan fingerprint density at radius 1 is 1.47 bits per heavy atom. The van der Waals surface area contributed by atoms with Crippen LogP contribution >= 0.6 is 27.7 Å². The predicted molar refractivity (Wildman–Crippen MR) is 79.6 cm³/mol. The van der Waals surface area contributed by atoms with Crippen LogP contribution in [0.5, 0.6) is 0 Å². The van der Waals surface area contributed by atoms with Gasteiger partial charge in [0.1, 0.15) is 0 Å². The van der Waals surface area contributed by atoms with E-state index in [9.17, 15) is 0 Å². The maximum atomic E-state index is 5.93. The number of rotatable bonds is 4. The van der Waals surface area contributed by atoms with Crippen molar-refractivity contribution in [3.05, 3.63) is 16.9 Å². The Hall–Kier alpha value is -0.420. The molecule has 0 aromatic carbocycles. The summed E-state index contributed by atoms with van der Waals surface area (Å²) in [5.74, 6) is 0. The molecule has 3 N–H and O–H groups in total. The van der Waals surface area contributed by atoms with E-state index < -0.39 is 0 Å². The summed E-state index contributed by atoms with van der Waals surface area (Å²) >= 11 is 5.46. The Labute approximate surface area is 115 Å². The fourth-order valence-electron chi connectivity index (χ4n) is 2.36. The van der Waals surface area contributed by atoms with Crippen LogP contribution < -0.4 is 11.1 Å². The third-order valence-electron chi connectivity index (χ3n) is 3.46. The molecule has 0 radical (unpaired) electrons. The summed E-state index contributed by atoms with van der Waals surface area (Å²) in [7, 11) is 0. The van der Waals surface area contributed by atoms with Crippen LogP contribution in [0.1, 0.15) is 25.7 Å². The third kappa shape index (κ3) is 2.88. The van der Waals surface area contributed by atoms with Crippen LogP contribution in [0, 0.1) is 0 Å². The SMILES string of the molecule is CSC1(CNc2c(N)cncc2Br)CCCC1. The molecule has 1 aliphatic carbocycles. The van der Waals surface area contributed by atoms with E-state index in [0.717, 1.165) is 16.7 Å². The van der Waals surface area contributed by atoms with Gasteiger partial charge >= 0.3 is 0 Å². The lowest BCUT2D eigenvalue weighted by Crippen LogP contribution is -2.30. The summed E-state index contributed by atoms with van der Waals surface area (Å²) in [5.41, 5.74) is 7.60. The molecule has 1 heterocycles. The molecule has 2 rings (SSSR count). The van der Waals surface area contributed by atoms with Gasteiger partial charge in [-0.2, -0.15) is 11.8 Å². The molecule has 0 aliphatic heterocycles. The minimum Gasteiger partial charge on any atom is -0.396 e. The number of nitrogens with one attached hydrogen (secondary N) is 1. The fourth-order valence-corrected chi connectivity index (χ4v) is 3.76. The monoisotopic (exact) mass is 315 g/mol. The normalized spacial score (nSPS) is 18.2. The number of nitrogens with two attached hydrogens (primary N) is 1. The zero-order valence-corrected chi connectivity index (χ0v) is 12.4. The average Bonchev–Trinajstić information content (AvgIpc) is 2.78. The second kappa shape index (κ2) is 5.48. The van der Waals surface area contributed by atoms with E-state index in [1.807, 2.05) is 11.8 Å². The first kappa shape index (κ1) is 13.0. The molecule has 94 valence electrons. The number of anilines is 2. The Kier molecular flexibility index (Phi) is 4.20. The van der Waals surface area contributed by atoms with Gasteiger partial charge in [-0.3, -0.25) is 4.98 Å². The number of thioether (sulfide) groups is 1. The summed E-state index contributed by atoms with van der Waals surface area (Å²) in [6.45, 7) is 0.973. The molecule has 17 heavy (non-hydrogen) atoms. The third-order valence-corrected chi connectivity index (χ3v) is 5.48. The topological polar surface area (TPSA) is 50.9 Å². The molecule has 1 aromatic rings. The van der Waals surface area contributed by atoms with Gasteiger partial charge in [0.2, 0.25) is 0 Å². The molecule has 0 saturated heterocycles. The lowest BCUT2D eigenvalue weighted by atomic mass is 10.1. The lowest BCUT2D eigenvalue weighted by Gasteiger charge is -2.28. The number of hydrogen-bond donors (Lipinski definition) is 2. The maximum Gasteiger partial charge on any atom is 0.0750 e. The van der Waals surface area contributed by atoms with Gasteiger partial charge in [-0.25, -0.2) is 0 Å². The second-order valence-corrected chi connectivity index (χ2v) is 6.66. The van der Waals surface area contributed by atoms with Crippen LogP contribution in [0.25, 0.3) is 0 Å². The molecule has 3 nitrogen and oxygen atoms in total. The standard InChI is InChI=1S/C12H18BrN3S/c1-17-12(4-2-3-5-12)8-16-11-9(13)6-15-7-10(11)14/h6-7H,2-5,8,14H2,1H3,(H,15,16). The molecular weight excluding hydrogens is 298 g/mol. The molecule has 0 unspecified atom stereocenters. The number of halogens is 1. The van der Waals surface area contributed by atoms with Crippen molar-refractivity contribution in [2.75, 3.05) is 23.9 Å². The highest BCUT2D eigenvalue weighted by Gasteiger charge is 2.32. The Bertz CT molecular complexity index is 371. The van der Waals surface area contributed by atoms with Crippen molar-refractivity contribution >= 4 is 39.1 Å². The number of pyridine rings is 1.